The van der Waals surface area contributed by atoms with Crippen molar-refractivity contribution < 1.29 is 9.59 Å². The first-order valence-corrected chi connectivity index (χ1v) is 8.98. The molecule has 0 spiro atoms. The minimum absolute atomic E-state index is 0.0459. The fourth-order valence-electron chi connectivity index (χ4n) is 3.04. The van der Waals surface area contributed by atoms with Crippen LogP contribution in [0.4, 0.5) is 5.69 Å². The summed E-state index contributed by atoms with van der Waals surface area (Å²) in [4.78, 5) is 28.6. The van der Waals surface area contributed by atoms with E-state index in [1.807, 2.05) is 81.1 Å². The van der Waals surface area contributed by atoms with Crippen LogP contribution in [0.1, 0.15) is 37.5 Å². The van der Waals surface area contributed by atoms with Gasteiger partial charge >= 0.3 is 0 Å². The molecule has 2 aromatic rings. The van der Waals surface area contributed by atoms with Crippen LogP contribution in [0.15, 0.2) is 48.5 Å². The molecule has 0 fully saturated rings. The molecular weight excluding hydrogens is 324 g/mol. The summed E-state index contributed by atoms with van der Waals surface area (Å²) in [5, 5.41) is 0. The van der Waals surface area contributed by atoms with Crippen molar-refractivity contribution in [3.8, 4) is 0 Å². The summed E-state index contributed by atoms with van der Waals surface area (Å²) < 4.78 is 0. The summed E-state index contributed by atoms with van der Waals surface area (Å²) in [5.41, 5.74) is 4.00. The van der Waals surface area contributed by atoms with Gasteiger partial charge in [-0.25, -0.2) is 0 Å². The molecule has 0 N–H and O–H groups in total. The minimum atomic E-state index is -0.131. The number of aryl methyl sites for hydroxylation is 2. The van der Waals surface area contributed by atoms with Crippen molar-refractivity contribution in [1.82, 2.24) is 4.90 Å². The zero-order chi connectivity index (χ0) is 19.3. The average molecular weight is 352 g/mol. The summed E-state index contributed by atoms with van der Waals surface area (Å²) in [6.07, 6.45) is 0. The van der Waals surface area contributed by atoms with Gasteiger partial charge in [0.25, 0.3) is 0 Å². The van der Waals surface area contributed by atoms with Crippen LogP contribution in [0.25, 0.3) is 0 Å². The van der Waals surface area contributed by atoms with E-state index in [1.54, 1.807) is 4.90 Å². The quantitative estimate of drug-likeness (QED) is 0.785. The Morgan fingerprint density at radius 3 is 2.19 bits per heavy atom. The van der Waals surface area contributed by atoms with Crippen LogP contribution in [0, 0.1) is 13.8 Å². The van der Waals surface area contributed by atoms with Crippen molar-refractivity contribution in [3.63, 3.8) is 0 Å². The van der Waals surface area contributed by atoms with Crippen LogP contribution in [0.2, 0.25) is 0 Å². The first-order valence-electron chi connectivity index (χ1n) is 8.98. The molecule has 26 heavy (non-hydrogen) atoms. The van der Waals surface area contributed by atoms with Crippen LogP contribution in [0.5, 0.6) is 0 Å². The molecule has 138 valence electrons. The van der Waals surface area contributed by atoms with Crippen LogP contribution in [0.3, 0.4) is 0 Å². The van der Waals surface area contributed by atoms with Gasteiger partial charge in [0.05, 0.1) is 0 Å². The monoisotopic (exact) mass is 352 g/mol. The van der Waals surface area contributed by atoms with Gasteiger partial charge in [-0.2, -0.15) is 0 Å². The number of rotatable bonds is 6. The molecule has 4 heteroatoms. The second-order valence-corrected chi connectivity index (χ2v) is 7.00. The van der Waals surface area contributed by atoms with Crippen LogP contribution in [-0.4, -0.2) is 29.3 Å². The van der Waals surface area contributed by atoms with E-state index in [0.29, 0.717) is 6.54 Å². The third-order valence-electron chi connectivity index (χ3n) is 4.46. The maximum absolute atomic E-state index is 13.0. The molecule has 0 bridgehead atoms. The Kier molecular flexibility index (Phi) is 6.56. The molecule has 0 aromatic heterocycles. The Hall–Kier alpha value is -2.62. The molecular formula is C22H28N2O2. The second-order valence-electron chi connectivity index (χ2n) is 7.00. The van der Waals surface area contributed by atoms with Crippen molar-refractivity contribution in [2.45, 2.75) is 47.2 Å². The number of amides is 2. The third kappa shape index (κ3) is 4.94. The molecule has 0 aliphatic carbocycles. The van der Waals surface area contributed by atoms with E-state index >= 15 is 0 Å². The van der Waals surface area contributed by atoms with E-state index in [4.69, 9.17) is 0 Å². The number of anilines is 1. The van der Waals surface area contributed by atoms with Gasteiger partial charge in [-0.1, -0.05) is 48.0 Å². The Bertz CT molecular complexity index is 769. The van der Waals surface area contributed by atoms with Gasteiger partial charge in [-0.05, 0) is 44.9 Å². The minimum Gasteiger partial charge on any atom is -0.334 e. The van der Waals surface area contributed by atoms with Crippen LogP contribution in [-0.2, 0) is 16.1 Å². The van der Waals surface area contributed by atoms with Crippen LogP contribution < -0.4 is 4.90 Å². The SMILES string of the molecule is CC(=O)N(CC(=O)N(Cc1ccccc1)C(C)C)c1ccc(C)cc1C. The van der Waals surface area contributed by atoms with Gasteiger partial charge in [-0.15, -0.1) is 0 Å². The molecule has 0 atom stereocenters. The first kappa shape index (κ1) is 19.7. The fourth-order valence-corrected chi connectivity index (χ4v) is 3.04. The number of nitrogens with zero attached hydrogens (tertiary/aromatic N) is 2. The lowest BCUT2D eigenvalue weighted by Gasteiger charge is -2.30. The average Bonchev–Trinajstić information content (AvgIpc) is 2.58. The second kappa shape index (κ2) is 8.65. The van der Waals surface area contributed by atoms with E-state index < -0.39 is 0 Å². The summed E-state index contributed by atoms with van der Waals surface area (Å²) in [6.45, 7) is 10.1. The zero-order valence-electron chi connectivity index (χ0n) is 16.3. The maximum atomic E-state index is 13.0. The van der Waals surface area contributed by atoms with Crippen molar-refractivity contribution in [2.24, 2.45) is 0 Å². The number of carbonyl (C=O) groups is 2. The third-order valence-corrected chi connectivity index (χ3v) is 4.46. The van der Waals surface area contributed by atoms with E-state index in [0.717, 1.165) is 22.4 Å². The Morgan fingerprint density at radius 2 is 1.65 bits per heavy atom. The van der Waals surface area contributed by atoms with Gasteiger partial charge in [-0.3, -0.25) is 9.59 Å². The zero-order valence-corrected chi connectivity index (χ0v) is 16.3. The predicted octanol–water partition coefficient (Wildman–Crippen LogP) is 4.09. The molecule has 0 aliphatic rings. The number of benzene rings is 2. The van der Waals surface area contributed by atoms with E-state index in [2.05, 4.69) is 0 Å². The molecule has 0 saturated carbocycles. The summed E-state index contributed by atoms with van der Waals surface area (Å²) in [6, 6.07) is 15.9. The molecule has 2 aromatic carbocycles. The first-order chi connectivity index (χ1) is 12.3. The molecule has 2 rings (SSSR count). The Labute approximate surface area is 156 Å². The standard InChI is InChI=1S/C22H28N2O2/c1-16(2)23(14-20-9-7-6-8-10-20)22(26)15-24(19(5)25)21-12-11-17(3)13-18(21)4/h6-13,16H,14-15H2,1-5H3. The normalized spacial score (nSPS) is 10.7. The summed E-state index contributed by atoms with van der Waals surface area (Å²) in [5.74, 6) is -0.187. The molecule has 0 unspecified atom stereocenters. The van der Waals surface area contributed by atoms with E-state index in [-0.39, 0.29) is 24.4 Å². The van der Waals surface area contributed by atoms with E-state index in [1.165, 1.54) is 6.92 Å². The van der Waals surface area contributed by atoms with Gasteiger partial charge in [0, 0.05) is 25.2 Å². The van der Waals surface area contributed by atoms with Crippen molar-refractivity contribution >= 4 is 17.5 Å². The Morgan fingerprint density at radius 1 is 1.00 bits per heavy atom. The highest BCUT2D eigenvalue weighted by Gasteiger charge is 2.23. The summed E-state index contributed by atoms with van der Waals surface area (Å²) in [7, 11) is 0. The molecule has 0 saturated heterocycles. The van der Waals surface area contributed by atoms with E-state index in [9.17, 15) is 9.59 Å². The topological polar surface area (TPSA) is 40.6 Å². The van der Waals surface area contributed by atoms with Crippen LogP contribution >= 0.6 is 0 Å². The van der Waals surface area contributed by atoms with Gasteiger partial charge in [0.1, 0.15) is 6.54 Å². The van der Waals surface area contributed by atoms with Crippen molar-refractivity contribution in [1.29, 1.82) is 0 Å². The molecule has 2 amide bonds. The van der Waals surface area contributed by atoms with Gasteiger partial charge < -0.3 is 9.80 Å². The molecule has 4 nitrogen and oxygen atoms in total. The Balaban J connectivity index is 2.22. The van der Waals surface area contributed by atoms with Gasteiger partial charge in [0.2, 0.25) is 11.8 Å². The summed E-state index contributed by atoms with van der Waals surface area (Å²) >= 11 is 0. The number of carbonyl (C=O) groups excluding carboxylic acids is 2. The molecule has 0 aliphatic heterocycles. The lowest BCUT2D eigenvalue weighted by Crippen LogP contribution is -2.45. The molecule has 0 heterocycles. The van der Waals surface area contributed by atoms with Crippen molar-refractivity contribution in [3.05, 3.63) is 65.2 Å². The molecule has 0 radical (unpaired) electrons. The highest BCUT2D eigenvalue weighted by atomic mass is 16.2. The highest BCUT2D eigenvalue weighted by molar-refractivity contribution is 5.98. The van der Waals surface area contributed by atoms with Gasteiger partial charge in [0.15, 0.2) is 0 Å². The van der Waals surface area contributed by atoms with Crippen molar-refractivity contribution in [2.75, 3.05) is 11.4 Å². The highest BCUT2D eigenvalue weighted by Crippen LogP contribution is 2.22. The maximum Gasteiger partial charge on any atom is 0.243 e. The largest absolute Gasteiger partial charge is 0.334 e. The predicted molar refractivity (Wildman–Crippen MR) is 106 cm³/mol. The number of hydrogen-bond donors (Lipinski definition) is 0. The lowest BCUT2D eigenvalue weighted by atomic mass is 10.1. The fraction of sp³-hybridized carbons (Fsp3) is 0.364. The number of hydrogen-bond acceptors (Lipinski definition) is 2. The lowest BCUT2D eigenvalue weighted by molar-refractivity contribution is -0.133. The smallest absolute Gasteiger partial charge is 0.243 e.